The van der Waals surface area contributed by atoms with Crippen molar-refractivity contribution in [2.45, 2.75) is 25.1 Å². The first-order valence-corrected chi connectivity index (χ1v) is 6.05. The van der Waals surface area contributed by atoms with Crippen molar-refractivity contribution in [3.05, 3.63) is 35.9 Å². The van der Waals surface area contributed by atoms with Gasteiger partial charge in [-0.2, -0.15) is 0 Å². The van der Waals surface area contributed by atoms with Gasteiger partial charge in [0.1, 0.15) is 6.10 Å². The van der Waals surface area contributed by atoms with Crippen LogP contribution in [0.3, 0.4) is 0 Å². The minimum Gasteiger partial charge on any atom is -0.390 e. The second-order valence-corrected chi connectivity index (χ2v) is 4.48. The van der Waals surface area contributed by atoms with Crippen LogP contribution >= 0.6 is 0 Å². The minimum atomic E-state index is -1.06. The molecule has 0 amide bonds. The van der Waals surface area contributed by atoms with E-state index >= 15 is 0 Å². The lowest BCUT2D eigenvalue weighted by molar-refractivity contribution is -0.262. The number of benzene rings is 1. The summed E-state index contributed by atoms with van der Waals surface area (Å²) < 4.78 is 10.8. The van der Waals surface area contributed by atoms with Crippen molar-refractivity contribution in [2.75, 3.05) is 13.2 Å². The number of hydrogen-bond acceptors (Lipinski definition) is 5. The molecule has 1 fully saturated rings. The molecule has 0 spiro atoms. The van der Waals surface area contributed by atoms with Gasteiger partial charge in [0.2, 0.25) is 0 Å². The van der Waals surface area contributed by atoms with Crippen LogP contribution in [0.5, 0.6) is 0 Å². The van der Waals surface area contributed by atoms with Crippen LogP contribution in [0.15, 0.2) is 30.3 Å². The Hall–Kier alpha value is -0.980. The van der Waals surface area contributed by atoms with Crippen molar-refractivity contribution in [3.63, 3.8) is 0 Å². The Labute approximate surface area is 106 Å². The molecule has 1 heterocycles. The van der Waals surface area contributed by atoms with Crippen LogP contribution in [0.25, 0.3) is 0 Å². The molecule has 1 aliphatic rings. The summed E-state index contributed by atoms with van der Waals surface area (Å²) >= 11 is 0. The number of ether oxygens (including phenoxy) is 2. The molecule has 1 aromatic carbocycles. The van der Waals surface area contributed by atoms with Crippen molar-refractivity contribution in [1.82, 2.24) is 0 Å². The molecule has 4 N–H and O–H groups in total. The lowest BCUT2D eigenvalue weighted by Gasteiger charge is -2.36. The van der Waals surface area contributed by atoms with Crippen LogP contribution in [0.1, 0.15) is 5.56 Å². The predicted octanol–water partition coefficient (Wildman–Crippen LogP) is -0.144. The maximum Gasteiger partial charge on any atom is 0.186 e. The van der Waals surface area contributed by atoms with E-state index in [2.05, 4.69) is 0 Å². The molecule has 4 atom stereocenters. The van der Waals surface area contributed by atoms with Gasteiger partial charge in [-0.3, -0.25) is 0 Å². The van der Waals surface area contributed by atoms with Gasteiger partial charge in [-0.1, -0.05) is 30.3 Å². The molecule has 1 saturated heterocycles. The molecule has 0 aliphatic carbocycles. The monoisotopic (exact) mass is 253 g/mol. The molecule has 0 bridgehead atoms. The molecule has 0 aromatic heterocycles. The Morgan fingerprint density at radius 2 is 1.94 bits per heavy atom. The summed E-state index contributed by atoms with van der Waals surface area (Å²) in [6, 6.07) is 9.60. The Balaban J connectivity index is 1.87. The maximum absolute atomic E-state index is 9.86. The molecule has 5 heteroatoms. The summed E-state index contributed by atoms with van der Waals surface area (Å²) in [5, 5.41) is 19.7. The summed E-state index contributed by atoms with van der Waals surface area (Å²) in [4.78, 5) is 0. The summed E-state index contributed by atoms with van der Waals surface area (Å²) in [5.41, 5.74) is 6.46. The summed E-state index contributed by atoms with van der Waals surface area (Å²) in [5.74, 6) is -0.239. The number of hydrogen-bond donors (Lipinski definition) is 3. The highest BCUT2D eigenvalue weighted by atomic mass is 16.7. The van der Waals surface area contributed by atoms with E-state index in [0.717, 1.165) is 5.56 Å². The van der Waals surface area contributed by atoms with Gasteiger partial charge in [0, 0.05) is 5.92 Å². The van der Waals surface area contributed by atoms with Gasteiger partial charge in [0.25, 0.3) is 0 Å². The van der Waals surface area contributed by atoms with Gasteiger partial charge in [-0.15, -0.1) is 0 Å². The molecule has 0 unspecified atom stereocenters. The predicted molar refractivity (Wildman–Crippen MR) is 65.5 cm³/mol. The van der Waals surface area contributed by atoms with Gasteiger partial charge in [0.05, 0.1) is 19.3 Å². The molecular formula is C13H19NO4. The molecule has 1 aromatic rings. The zero-order valence-corrected chi connectivity index (χ0v) is 10.1. The van der Waals surface area contributed by atoms with Gasteiger partial charge in [-0.25, -0.2) is 0 Å². The number of rotatable bonds is 4. The second-order valence-electron chi connectivity index (χ2n) is 4.48. The standard InChI is InChI=1S/C13H19NO4/c14-6-10-8-18-13(12(16)11(10)15)17-7-9-4-2-1-3-5-9/h1-5,10-13,15-16H,6-8,14H2/t10-,11+,12-,13+/m0/s1. The van der Waals surface area contributed by atoms with Crippen molar-refractivity contribution in [2.24, 2.45) is 11.7 Å². The van der Waals surface area contributed by atoms with E-state index in [4.69, 9.17) is 15.2 Å². The first-order valence-electron chi connectivity index (χ1n) is 6.05. The Morgan fingerprint density at radius 1 is 1.22 bits per heavy atom. The fraction of sp³-hybridized carbons (Fsp3) is 0.538. The average Bonchev–Trinajstić information content (AvgIpc) is 2.42. The molecule has 0 radical (unpaired) electrons. The first-order chi connectivity index (χ1) is 8.72. The molecule has 18 heavy (non-hydrogen) atoms. The van der Waals surface area contributed by atoms with Gasteiger partial charge < -0.3 is 25.4 Å². The highest BCUT2D eigenvalue weighted by Gasteiger charge is 2.38. The van der Waals surface area contributed by atoms with Crippen LogP contribution < -0.4 is 5.73 Å². The van der Waals surface area contributed by atoms with E-state index in [-0.39, 0.29) is 12.5 Å². The van der Waals surface area contributed by atoms with E-state index in [9.17, 15) is 10.2 Å². The van der Waals surface area contributed by atoms with Crippen LogP contribution in [-0.2, 0) is 16.1 Å². The van der Waals surface area contributed by atoms with Gasteiger partial charge in [0.15, 0.2) is 6.29 Å². The molecule has 2 rings (SSSR count). The lowest BCUT2D eigenvalue weighted by atomic mass is 9.96. The highest BCUT2D eigenvalue weighted by molar-refractivity contribution is 5.13. The number of aliphatic hydroxyl groups is 2. The minimum absolute atomic E-state index is 0.239. The molecule has 100 valence electrons. The van der Waals surface area contributed by atoms with E-state index in [1.807, 2.05) is 30.3 Å². The zero-order chi connectivity index (χ0) is 13.0. The third kappa shape index (κ3) is 3.07. The molecule has 5 nitrogen and oxygen atoms in total. The highest BCUT2D eigenvalue weighted by Crippen LogP contribution is 2.21. The zero-order valence-electron chi connectivity index (χ0n) is 10.1. The normalized spacial score (nSPS) is 32.4. The van der Waals surface area contributed by atoms with Crippen LogP contribution in [-0.4, -0.2) is 41.9 Å². The van der Waals surface area contributed by atoms with E-state index in [1.54, 1.807) is 0 Å². The Bertz CT molecular complexity index is 359. The lowest BCUT2D eigenvalue weighted by Crippen LogP contribution is -2.52. The first kappa shape index (κ1) is 13.5. The van der Waals surface area contributed by atoms with Crippen molar-refractivity contribution < 1.29 is 19.7 Å². The largest absolute Gasteiger partial charge is 0.390 e. The smallest absolute Gasteiger partial charge is 0.186 e. The molecule has 1 aliphatic heterocycles. The third-order valence-electron chi connectivity index (χ3n) is 3.15. The fourth-order valence-electron chi connectivity index (χ4n) is 1.96. The average molecular weight is 253 g/mol. The van der Waals surface area contributed by atoms with Crippen molar-refractivity contribution >= 4 is 0 Å². The summed E-state index contributed by atoms with van der Waals surface area (Å²) in [6.45, 7) is 0.917. The van der Waals surface area contributed by atoms with Gasteiger partial charge >= 0.3 is 0 Å². The van der Waals surface area contributed by atoms with Crippen LogP contribution in [0.4, 0.5) is 0 Å². The van der Waals surface area contributed by atoms with Crippen molar-refractivity contribution in [3.8, 4) is 0 Å². The van der Waals surface area contributed by atoms with E-state index in [0.29, 0.717) is 13.2 Å². The topological polar surface area (TPSA) is 84.9 Å². The van der Waals surface area contributed by atoms with Gasteiger partial charge in [-0.05, 0) is 12.1 Å². The van der Waals surface area contributed by atoms with Crippen LogP contribution in [0, 0.1) is 5.92 Å². The quantitative estimate of drug-likeness (QED) is 0.695. The summed E-state index contributed by atoms with van der Waals surface area (Å²) in [7, 11) is 0. The second kappa shape index (κ2) is 6.26. The third-order valence-corrected chi connectivity index (χ3v) is 3.15. The maximum atomic E-state index is 9.86. The fourth-order valence-corrected chi connectivity index (χ4v) is 1.96. The number of nitrogens with two attached hydrogens (primary N) is 1. The number of aliphatic hydroxyl groups excluding tert-OH is 2. The Kier molecular flexibility index (Phi) is 4.68. The van der Waals surface area contributed by atoms with E-state index in [1.165, 1.54) is 0 Å². The summed E-state index contributed by atoms with van der Waals surface area (Å²) in [6.07, 6.45) is -2.76. The SMILES string of the molecule is NC[C@H]1CO[C@@H](OCc2ccccc2)[C@@H](O)[C@@H]1O. The van der Waals surface area contributed by atoms with E-state index < -0.39 is 18.5 Å². The Morgan fingerprint density at radius 3 is 2.61 bits per heavy atom. The van der Waals surface area contributed by atoms with Crippen molar-refractivity contribution in [1.29, 1.82) is 0 Å². The van der Waals surface area contributed by atoms with Crippen LogP contribution in [0.2, 0.25) is 0 Å². The molecular weight excluding hydrogens is 234 g/mol. The molecule has 0 saturated carbocycles.